The number of halogens is 2. The maximum Gasteiger partial charge on any atom is 0.278 e. The van der Waals surface area contributed by atoms with Gasteiger partial charge in [0.15, 0.2) is 23.1 Å². The molecule has 4 aromatic rings. The Hall–Kier alpha value is -4.46. The third kappa shape index (κ3) is 3.24. The second-order valence-electron chi connectivity index (χ2n) is 10.7. The van der Waals surface area contributed by atoms with Gasteiger partial charge in [0.05, 0.1) is 0 Å². The highest BCUT2D eigenvalue weighted by Crippen LogP contribution is 2.57. The van der Waals surface area contributed by atoms with E-state index in [4.69, 9.17) is 0 Å². The topological polar surface area (TPSA) is 65.8 Å². The number of nitrogens with zero attached hydrogens (tertiary/aromatic N) is 3. The molecule has 1 amide bonds. The number of carbonyl (C=O) groups excluding carboxylic acids is 1. The smallest absolute Gasteiger partial charge is 0.278 e. The first-order valence-electron chi connectivity index (χ1n) is 12.9. The van der Waals surface area contributed by atoms with E-state index in [2.05, 4.69) is 0 Å². The predicted octanol–water partition coefficient (Wildman–Crippen LogP) is 4.36. The Balaban J connectivity index is 1.48. The molecule has 2 unspecified atom stereocenters. The van der Waals surface area contributed by atoms with Crippen LogP contribution in [0.4, 0.5) is 8.78 Å². The van der Waals surface area contributed by atoms with E-state index in [0.29, 0.717) is 24.0 Å². The summed E-state index contributed by atoms with van der Waals surface area (Å²) in [5.41, 5.74) is 3.58. The first-order valence-corrected chi connectivity index (χ1v) is 12.9. The van der Waals surface area contributed by atoms with Crippen molar-refractivity contribution in [2.24, 2.45) is 5.92 Å². The number of amides is 1. The van der Waals surface area contributed by atoms with Crippen LogP contribution < -0.4 is 10.4 Å². The number of benzene rings is 3. The zero-order valence-corrected chi connectivity index (χ0v) is 21.2. The largest absolute Gasteiger partial charge is 0.502 e. The maximum atomic E-state index is 14.9. The molecule has 0 radical (unpaired) electrons. The Bertz CT molecular complexity index is 1730. The summed E-state index contributed by atoms with van der Waals surface area (Å²) in [6.07, 6.45) is 2.69. The first kappa shape index (κ1) is 23.6. The SMILES string of the molecule is Cc1ccc(CN2CN(C34c5ccccc5CC3Cc3cc(F)c(F)cc34)n3ccc(=O)c(O)c3C2=O)cc1. The molecule has 6 nitrogen and oxygen atoms in total. The standard InChI is InChI=1S/C31H25F2N3O3/c1-18-6-8-19(9-7-18)16-34-17-36(35-11-10-27(37)29(38)28(35)30(34)39)31-22(12-20-4-2-3-5-23(20)31)13-21-14-25(32)26(33)15-24(21)31/h2-11,14-15,22,38H,12-13,16-17H2,1H3. The molecule has 7 rings (SSSR count). The Morgan fingerprint density at radius 1 is 0.923 bits per heavy atom. The van der Waals surface area contributed by atoms with E-state index >= 15 is 0 Å². The van der Waals surface area contributed by atoms with Crippen LogP contribution in [-0.2, 0) is 24.9 Å². The molecule has 0 saturated heterocycles. The Labute approximate surface area is 223 Å². The molecule has 0 bridgehead atoms. The predicted molar refractivity (Wildman–Crippen MR) is 141 cm³/mol. The fourth-order valence-corrected chi connectivity index (χ4v) is 6.83. The van der Waals surface area contributed by atoms with Gasteiger partial charge in [-0.25, -0.2) is 8.78 Å². The first-order chi connectivity index (χ1) is 18.8. The third-order valence-corrected chi connectivity index (χ3v) is 8.52. The number of aryl methyl sites for hydroxylation is 1. The summed E-state index contributed by atoms with van der Waals surface area (Å²) in [6.45, 7) is 2.32. The van der Waals surface area contributed by atoms with E-state index in [1.807, 2.05) is 60.5 Å². The van der Waals surface area contributed by atoms with Gasteiger partial charge in [0, 0.05) is 24.7 Å². The molecule has 1 aromatic heterocycles. The zero-order chi connectivity index (χ0) is 27.1. The van der Waals surface area contributed by atoms with Gasteiger partial charge in [-0.1, -0.05) is 54.1 Å². The van der Waals surface area contributed by atoms with Crippen molar-refractivity contribution < 1.29 is 18.7 Å². The highest BCUT2D eigenvalue weighted by molar-refractivity contribution is 5.96. The van der Waals surface area contributed by atoms with Crippen molar-refractivity contribution in [3.05, 3.63) is 134 Å². The molecule has 2 heterocycles. The molecule has 39 heavy (non-hydrogen) atoms. The summed E-state index contributed by atoms with van der Waals surface area (Å²) < 4.78 is 30.8. The highest BCUT2D eigenvalue weighted by Gasteiger charge is 2.59. The molecule has 2 aliphatic carbocycles. The molecular formula is C31H25F2N3O3. The fraction of sp³-hybridized carbons (Fsp3) is 0.226. The number of fused-ring (bicyclic) bond motifs is 6. The van der Waals surface area contributed by atoms with Crippen LogP contribution in [-0.4, -0.2) is 27.3 Å². The molecule has 3 aromatic carbocycles. The number of aromatic hydroxyl groups is 1. The van der Waals surface area contributed by atoms with Gasteiger partial charge in [0.2, 0.25) is 5.43 Å². The Morgan fingerprint density at radius 2 is 1.64 bits per heavy atom. The average molecular weight is 526 g/mol. The van der Waals surface area contributed by atoms with E-state index in [0.717, 1.165) is 22.3 Å². The van der Waals surface area contributed by atoms with Crippen molar-refractivity contribution in [2.75, 3.05) is 11.7 Å². The normalized spacial score (nSPS) is 21.0. The minimum absolute atomic E-state index is 0.0880. The van der Waals surface area contributed by atoms with Crippen LogP contribution >= 0.6 is 0 Å². The van der Waals surface area contributed by atoms with Gasteiger partial charge in [-0.2, -0.15) is 0 Å². The van der Waals surface area contributed by atoms with Crippen LogP contribution in [0.25, 0.3) is 0 Å². The van der Waals surface area contributed by atoms with Crippen LogP contribution in [0.3, 0.4) is 0 Å². The van der Waals surface area contributed by atoms with Crippen molar-refractivity contribution in [3.8, 4) is 5.75 Å². The fourth-order valence-electron chi connectivity index (χ4n) is 6.83. The number of hydrogen-bond donors (Lipinski definition) is 1. The molecule has 2 atom stereocenters. The van der Waals surface area contributed by atoms with Gasteiger partial charge < -0.3 is 10.0 Å². The Morgan fingerprint density at radius 3 is 2.44 bits per heavy atom. The molecule has 0 saturated carbocycles. The second kappa shape index (κ2) is 8.27. The molecule has 1 aliphatic heterocycles. The van der Waals surface area contributed by atoms with E-state index in [-0.39, 0.29) is 24.8 Å². The van der Waals surface area contributed by atoms with Crippen LogP contribution in [0, 0.1) is 24.5 Å². The van der Waals surface area contributed by atoms with Crippen LogP contribution in [0.2, 0.25) is 0 Å². The maximum absolute atomic E-state index is 14.9. The number of pyridine rings is 1. The minimum atomic E-state index is -0.955. The van der Waals surface area contributed by atoms with Crippen molar-refractivity contribution >= 4 is 5.91 Å². The quantitative estimate of drug-likeness (QED) is 0.432. The lowest BCUT2D eigenvalue weighted by Gasteiger charge is -2.50. The van der Waals surface area contributed by atoms with Crippen molar-refractivity contribution in [3.63, 3.8) is 0 Å². The summed E-state index contributed by atoms with van der Waals surface area (Å²) in [5.74, 6) is -3.04. The van der Waals surface area contributed by atoms with Crippen LogP contribution in [0.1, 0.15) is 43.9 Å². The summed E-state index contributed by atoms with van der Waals surface area (Å²) >= 11 is 0. The van der Waals surface area contributed by atoms with Gasteiger partial charge in [0.25, 0.3) is 5.91 Å². The summed E-state index contributed by atoms with van der Waals surface area (Å²) in [4.78, 5) is 27.9. The average Bonchev–Trinajstić information content (AvgIpc) is 3.40. The monoisotopic (exact) mass is 525 g/mol. The number of aromatic nitrogens is 1. The molecule has 196 valence electrons. The van der Waals surface area contributed by atoms with Gasteiger partial charge in [0.1, 0.15) is 12.2 Å². The van der Waals surface area contributed by atoms with Gasteiger partial charge >= 0.3 is 0 Å². The molecule has 0 fully saturated rings. The van der Waals surface area contributed by atoms with E-state index in [1.54, 1.807) is 4.90 Å². The van der Waals surface area contributed by atoms with Crippen molar-refractivity contribution in [2.45, 2.75) is 31.8 Å². The van der Waals surface area contributed by atoms with E-state index in [9.17, 15) is 23.5 Å². The molecule has 1 N–H and O–H groups in total. The summed E-state index contributed by atoms with van der Waals surface area (Å²) in [5, 5.41) is 12.8. The van der Waals surface area contributed by atoms with Gasteiger partial charge in [-0.15, -0.1) is 0 Å². The van der Waals surface area contributed by atoms with Gasteiger partial charge in [-0.3, -0.25) is 19.3 Å². The molecular weight excluding hydrogens is 500 g/mol. The van der Waals surface area contributed by atoms with Crippen LogP contribution in [0.15, 0.2) is 77.7 Å². The number of rotatable bonds is 3. The minimum Gasteiger partial charge on any atom is -0.502 e. The summed E-state index contributed by atoms with van der Waals surface area (Å²) in [6, 6.07) is 19.5. The lowest BCUT2D eigenvalue weighted by molar-refractivity contribution is 0.0630. The molecule has 3 aliphatic rings. The molecule has 8 heteroatoms. The van der Waals surface area contributed by atoms with Crippen molar-refractivity contribution in [1.29, 1.82) is 0 Å². The van der Waals surface area contributed by atoms with E-state index < -0.39 is 34.3 Å². The van der Waals surface area contributed by atoms with E-state index in [1.165, 1.54) is 29.1 Å². The highest BCUT2D eigenvalue weighted by atomic mass is 19.2. The zero-order valence-electron chi connectivity index (χ0n) is 21.2. The second-order valence-corrected chi connectivity index (χ2v) is 10.7. The number of carbonyl (C=O) groups is 1. The Kier molecular flexibility index (Phi) is 5.01. The lowest BCUT2D eigenvalue weighted by Crippen LogP contribution is -2.63. The van der Waals surface area contributed by atoms with Crippen LogP contribution in [0.5, 0.6) is 5.75 Å². The number of hydrogen-bond acceptors (Lipinski definition) is 4. The third-order valence-electron chi connectivity index (χ3n) is 8.52. The lowest BCUT2D eigenvalue weighted by atomic mass is 9.81. The van der Waals surface area contributed by atoms with Crippen molar-refractivity contribution in [1.82, 2.24) is 9.58 Å². The summed E-state index contributed by atoms with van der Waals surface area (Å²) in [7, 11) is 0. The molecule has 0 spiro atoms. The van der Waals surface area contributed by atoms with Gasteiger partial charge in [-0.05, 0) is 59.7 Å².